The highest BCUT2D eigenvalue weighted by molar-refractivity contribution is 5.81. The van der Waals surface area contributed by atoms with Crippen LogP contribution < -0.4 is 0 Å². The van der Waals surface area contributed by atoms with Gasteiger partial charge in [-0.05, 0) is 46.2 Å². The van der Waals surface area contributed by atoms with Crippen LogP contribution in [-0.2, 0) is 9.59 Å². The molecule has 1 unspecified atom stereocenters. The lowest BCUT2D eigenvalue weighted by atomic mass is 10.00. The highest BCUT2D eigenvalue weighted by Crippen LogP contribution is 2.33. The summed E-state index contributed by atoms with van der Waals surface area (Å²) in [5.41, 5.74) is 0. The molecule has 1 amide bonds. The molecule has 5 heteroatoms. The molecule has 0 spiro atoms. The fourth-order valence-electron chi connectivity index (χ4n) is 3.26. The lowest BCUT2D eigenvalue weighted by molar-refractivity contribution is -0.142. The number of carbonyl (C=O) groups is 2. The smallest absolute Gasteiger partial charge is 0.306 e. The number of nitrogens with zero attached hydrogens (tertiary/aromatic N) is 2. The fourth-order valence-corrected chi connectivity index (χ4v) is 3.26. The Morgan fingerprint density at radius 1 is 1.16 bits per heavy atom. The number of carbonyl (C=O) groups excluding carboxylic acids is 1. The van der Waals surface area contributed by atoms with Gasteiger partial charge in [0.2, 0.25) is 5.91 Å². The molecule has 0 aromatic heterocycles. The zero-order valence-electron chi connectivity index (χ0n) is 11.8. The van der Waals surface area contributed by atoms with Crippen LogP contribution in [0.15, 0.2) is 0 Å². The molecule has 1 saturated carbocycles. The normalized spacial score (nSPS) is 31.7. The third kappa shape index (κ3) is 3.26. The van der Waals surface area contributed by atoms with E-state index in [1.165, 1.54) is 0 Å². The van der Waals surface area contributed by atoms with Gasteiger partial charge in [0, 0.05) is 25.0 Å². The van der Waals surface area contributed by atoms with Crippen LogP contribution in [-0.4, -0.2) is 60.0 Å². The van der Waals surface area contributed by atoms with Crippen LogP contribution in [0.5, 0.6) is 0 Å². The molecule has 0 aromatic carbocycles. The number of aliphatic carboxylic acids is 1. The maximum atomic E-state index is 12.5. The van der Waals surface area contributed by atoms with Crippen molar-refractivity contribution in [1.82, 2.24) is 9.80 Å². The minimum absolute atomic E-state index is 0.0676. The highest BCUT2D eigenvalue weighted by atomic mass is 16.4. The molecular formula is C14H24N2O3. The van der Waals surface area contributed by atoms with E-state index >= 15 is 0 Å². The average Bonchev–Trinajstić information content (AvgIpc) is 2.87. The Labute approximate surface area is 114 Å². The Morgan fingerprint density at radius 2 is 1.84 bits per heavy atom. The molecule has 0 bridgehead atoms. The van der Waals surface area contributed by atoms with Crippen molar-refractivity contribution in [1.29, 1.82) is 0 Å². The number of hydrogen-bond donors (Lipinski definition) is 1. The summed E-state index contributed by atoms with van der Waals surface area (Å²) in [5, 5.41) is 9.01. The van der Waals surface area contributed by atoms with Gasteiger partial charge in [0.15, 0.2) is 0 Å². The van der Waals surface area contributed by atoms with Gasteiger partial charge in [0.1, 0.15) is 0 Å². The van der Waals surface area contributed by atoms with Crippen molar-refractivity contribution in [3.8, 4) is 0 Å². The number of amides is 1. The van der Waals surface area contributed by atoms with Gasteiger partial charge in [-0.15, -0.1) is 0 Å². The highest BCUT2D eigenvalue weighted by Gasteiger charge is 2.37. The van der Waals surface area contributed by atoms with E-state index in [1.54, 1.807) is 0 Å². The third-order valence-corrected chi connectivity index (χ3v) is 4.57. The molecule has 2 fully saturated rings. The second kappa shape index (κ2) is 5.90. The van der Waals surface area contributed by atoms with E-state index < -0.39 is 5.97 Å². The molecule has 1 heterocycles. The molecule has 1 aliphatic carbocycles. The average molecular weight is 268 g/mol. The topological polar surface area (TPSA) is 60.9 Å². The maximum absolute atomic E-state index is 12.5. The van der Waals surface area contributed by atoms with Crippen LogP contribution >= 0.6 is 0 Å². The number of carboxylic acid groups (broad SMARTS) is 1. The molecule has 108 valence electrons. The Kier molecular flexibility index (Phi) is 4.45. The predicted molar refractivity (Wildman–Crippen MR) is 71.8 cm³/mol. The van der Waals surface area contributed by atoms with E-state index in [-0.39, 0.29) is 17.7 Å². The molecular weight excluding hydrogens is 244 g/mol. The molecule has 0 radical (unpaired) electrons. The first kappa shape index (κ1) is 14.3. The molecule has 2 aliphatic rings. The molecule has 0 aromatic rings. The minimum Gasteiger partial charge on any atom is -0.481 e. The largest absolute Gasteiger partial charge is 0.481 e. The Morgan fingerprint density at radius 3 is 2.42 bits per heavy atom. The van der Waals surface area contributed by atoms with Crippen LogP contribution in [0.1, 0.15) is 32.1 Å². The molecule has 1 saturated heterocycles. The Hall–Kier alpha value is -1.10. The van der Waals surface area contributed by atoms with Gasteiger partial charge in [-0.2, -0.15) is 0 Å². The molecule has 1 N–H and O–H groups in total. The van der Waals surface area contributed by atoms with Crippen LogP contribution in [0, 0.1) is 11.8 Å². The minimum atomic E-state index is -0.750. The number of likely N-dealkylation sites (N-methyl/N-ethyl adjacent to an activating group) is 1. The van der Waals surface area contributed by atoms with Crippen molar-refractivity contribution in [2.24, 2.45) is 11.8 Å². The first-order valence-corrected chi connectivity index (χ1v) is 7.17. The summed E-state index contributed by atoms with van der Waals surface area (Å²) in [5.74, 6) is -0.958. The van der Waals surface area contributed by atoms with E-state index in [4.69, 9.17) is 5.11 Å². The van der Waals surface area contributed by atoms with E-state index in [9.17, 15) is 9.59 Å². The Bertz CT molecular complexity index is 357. The molecule has 19 heavy (non-hydrogen) atoms. The van der Waals surface area contributed by atoms with Gasteiger partial charge >= 0.3 is 5.97 Å². The van der Waals surface area contributed by atoms with Crippen LogP contribution in [0.2, 0.25) is 0 Å². The lowest BCUT2D eigenvalue weighted by Crippen LogP contribution is -2.49. The van der Waals surface area contributed by atoms with E-state index in [2.05, 4.69) is 19.0 Å². The number of piperidine rings is 1. The quantitative estimate of drug-likeness (QED) is 0.831. The standard InChI is InChI=1S/C14H24N2O3/c1-15(2)12-4-3-7-16(9-12)13(17)10-5-6-11(8-10)14(18)19/h10-12H,3-9H2,1-2H3,(H,18,19)/t10-,11+,12?/m1/s1. The summed E-state index contributed by atoms with van der Waals surface area (Å²) >= 11 is 0. The summed E-state index contributed by atoms with van der Waals surface area (Å²) in [6.45, 7) is 1.62. The maximum Gasteiger partial charge on any atom is 0.306 e. The SMILES string of the molecule is CN(C)C1CCCN(C(=O)[C@@H]2CC[C@H](C(=O)O)C2)C1. The van der Waals surface area contributed by atoms with Gasteiger partial charge in [-0.25, -0.2) is 0 Å². The molecule has 1 aliphatic heterocycles. The molecule has 3 atom stereocenters. The van der Waals surface area contributed by atoms with Gasteiger partial charge in [0.25, 0.3) is 0 Å². The van der Waals surface area contributed by atoms with Crippen molar-refractivity contribution in [3.63, 3.8) is 0 Å². The predicted octanol–water partition coefficient (Wildman–Crippen LogP) is 1.04. The second-order valence-electron chi connectivity index (χ2n) is 6.09. The monoisotopic (exact) mass is 268 g/mol. The van der Waals surface area contributed by atoms with Crippen molar-refractivity contribution in [2.75, 3.05) is 27.2 Å². The summed E-state index contributed by atoms with van der Waals surface area (Å²) in [6.07, 6.45) is 4.09. The van der Waals surface area contributed by atoms with Crippen LogP contribution in [0.4, 0.5) is 0 Å². The van der Waals surface area contributed by atoms with Crippen molar-refractivity contribution in [3.05, 3.63) is 0 Å². The van der Waals surface area contributed by atoms with Crippen LogP contribution in [0.25, 0.3) is 0 Å². The summed E-state index contributed by atoms with van der Waals surface area (Å²) in [7, 11) is 4.10. The molecule has 5 nitrogen and oxygen atoms in total. The van der Waals surface area contributed by atoms with Gasteiger partial charge in [-0.1, -0.05) is 0 Å². The van der Waals surface area contributed by atoms with Gasteiger partial charge < -0.3 is 14.9 Å². The molecule has 2 rings (SSSR count). The third-order valence-electron chi connectivity index (χ3n) is 4.57. The van der Waals surface area contributed by atoms with E-state index in [0.717, 1.165) is 32.4 Å². The van der Waals surface area contributed by atoms with E-state index in [1.807, 2.05) is 4.90 Å². The summed E-state index contributed by atoms with van der Waals surface area (Å²) in [4.78, 5) is 27.5. The van der Waals surface area contributed by atoms with Gasteiger partial charge in [0.05, 0.1) is 5.92 Å². The number of hydrogen-bond acceptors (Lipinski definition) is 3. The van der Waals surface area contributed by atoms with E-state index in [0.29, 0.717) is 18.9 Å². The van der Waals surface area contributed by atoms with Crippen LogP contribution in [0.3, 0.4) is 0 Å². The number of likely N-dealkylation sites (tertiary alicyclic amines) is 1. The second-order valence-corrected chi connectivity index (χ2v) is 6.09. The number of carboxylic acids is 1. The zero-order chi connectivity index (χ0) is 14.0. The summed E-state index contributed by atoms with van der Waals surface area (Å²) < 4.78 is 0. The van der Waals surface area contributed by atoms with Crippen molar-refractivity contribution in [2.45, 2.75) is 38.1 Å². The fraction of sp³-hybridized carbons (Fsp3) is 0.857. The Balaban J connectivity index is 1.91. The van der Waals surface area contributed by atoms with Gasteiger partial charge in [-0.3, -0.25) is 9.59 Å². The summed E-state index contributed by atoms with van der Waals surface area (Å²) in [6, 6.07) is 0.439. The lowest BCUT2D eigenvalue weighted by Gasteiger charge is -2.37. The first-order chi connectivity index (χ1) is 8.99. The zero-order valence-corrected chi connectivity index (χ0v) is 11.8. The van der Waals surface area contributed by atoms with Crippen molar-refractivity contribution < 1.29 is 14.7 Å². The first-order valence-electron chi connectivity index (χ1n) is 7.17. The number of rotatable bonds is 3. The van der Waals surface area contributed by atoms with Crippen molar-refractivity contribution >= 4 is 11.9 Å².